The first-order chi connectivity index (χ1) is 9.58. The molecule has 0 aromatic carbocycles. The van der Waals surface area contributed by atoms with Gasteiger partial charge in [0.15, 0.2) is 0 Å². The second-order valence-electron chi connectivity index (χ2n) is 4.84. The molecule has 0 aliphatic heterocycles. The van der Waals surface area contributed by atoms with Gasteiger partial charge in [-0.05, 0) is 25.5 Å². The molecule has 2 aromatic rings. The summed E-state index contributed by atoms with van der Waals surface area (Å²) in [7, 11) is 1.98. The van der Waals surface area contributed by atoms with Gasteiger partial charge in [0.1, 0.15) is 16.8 Å². The van der Waals surface area contributed by atoms with Crippen LogP contribution in [-0.4, -0.2) is 22.0 Å². The molecule has 0 fully saturated rings. The molecule has 0 N–H and O–H groups in total. The fourth-order valence-electron chi connectivity index (χ4n) is 1.99. The maximum absolute atomic E-state index is 6.06. The van der Waals surface area contributed by atoms with Crippen LogP contribution < -0.4 is 4.90 Å². The second-order valence-corrected chi connectivity index (χ2v) is 5.23. The van der Waals surface area contributed by atoms with Gasteiger partial charge >= 0.3 is 0 Å². The smallest absolute Gasteiger partial charge is 0.134 e. The highest BCUT2D eigenvalue weighted by atomic mass is 35.5. The van der Waals surface area contributed by atoms with Crippen LogP contribution in [0.4, 0.5) is 5.82 Å². The third-order valence-electron chi connectivity index (χ3n) is 2.94. The topological polar surface area (TPSA) is 41.9 Å². The van der Waals surface area contributed by atoms with Crippen LogP contribution in [0.1, 0.15) is 30.6 Å². The largest absolute Gasteiger partial charge is 0.354 e. The number of anilines is 1. The Kier molecular flexibility index (Phi) is 4.90. The minimum Gasteiger partial charge on any atom is -0.354 e. The van der Waals surface area contributed by atoms with E-state index in [0.29, 0.717) is 11.7 Å². The quantitative estimate of drug-likeness (QED) is 0.791. The molecule has 0 atom stereocenters. The molecule has 2 heterocycles. The van der Waals surface area contributed by atoms with E-state index >= 15 is 0 Å². The van der Waals surface area contributed by atoms with Crippen molar-refractivity contribution in [1.29, 1.82) is 0 Å². The predicted octanol–water partition coefficient (Wildman–Crippen LogP) is 3.42. The van der Waals surface area contributed by atoms with E-state index in [0.717, 1.165) is 35.9 Å². The molecule has 0 amide bonds. The summed E-state index contributed by atoms with van der Waals surface area (Å²) in [4.78, 5) is 15.3. The molecule has 4 nitrogen and oxygen atoms in total. The Hall–Kier alpha value is -1.68. The zero-order valence-electron chi connectivity index (χ0n) is 12.1. The first-order valence-electron chi connectivity index (χ1n) is 6.75. The summed E-state index contributed by atoms with van der Waals surface area (Å²) in [5, 5.41) is 0.488. The van der Waals surface area contributed by atoms with Crippen LogP contribution >= 0.6 is 11.6 Å². The SMILES string of the molecule is CCCc1nc(Cl)cc(N(C)Cc2cccc(C)n2)n1. The normalized spacial score (nSPS) is 10.6. The van der Waals surface area contributed by atoms with Gasteiger partial charge in [-0.25, -0.2) is 9.97 Å². The lowest BCUT2D eigenvalue weighted by Crippen LogP contribution is -2.19. The van der Waals surface area contributed by atoms with Crippen LogP contribution in [0, 0.1) is 6.92 Å². The lowest BCUT2D eigenvalue weighted by atomic mass is 10.3. The van der Waals surface area contributed by atoms with E-state index in [1.165, 1.54) is 0 Å². The van der Waals surface area contributed by atoms with Crippen molar-refractivity contribution in [2.75, 3.05) is 11.9 Å². The molecule has 106 valence electrons. The molecule has 0 radical (unpaired) electrons. The molecule has 2 rings (SSSR count). The number of aromatic nitrogens is 3. The number of hydrogen-bond donors (Lipinski definition) is 0. The first-order valence-corrected chi connectivity index (χ1v) is 7.13. The lowest BCUT2D eigenvalue weighted by Gasteiger charge is -2.18. The van der Waals surface area contributed by atoms with Gasteiger partial charge < -0.3 is 4.90 Å². The highest BCUT2D eigenvalue weighted by Gasteiger charge is 2.08. The zero-order chi connectivity index (χ0) is 14.5. The molecule has 5 heteroatoms. The van der Waals surface area contributed by atoms with Crippen LogP contribution in [0.5, 0.6) is 0 Å². The molecule has 20 heavy (non-hydrogen) atoms. The van der Waals surface area contributed by atoms with Gasteiger partial charge in [0, 0.05) is 25.2 Å². The van der Waals surface area contributed by atoms with Crippen molar-refractivity contribution < 1.29 is 0 Å². The van der Waals surface area contributed by atoms with Crippen molar-refractivity contribution in [1.82, 2.24) is 15.0 Å². The second kappa shape index (κ2) is 6.66. The van der Waals surface area contributed by atoms with E-state index in [2.05, 4.69) is 21.9 Å². The zero-order valence-corrected chi connectivity index (χ0v) is 12.9. The van der Waals surface area contributed by atoms with Crippen molar-refractivity contribution in [3.8, 4) is 0 Å². The number of hydrogen-bond acceptors (Lipinski definition) is 4. The van der Waals surface area contributed by atoms with Crippen molar-refractivity contribution >= 4 is 17.4 Å². The van der Waals surface area contributed by atoms with Crippen molar-refractivity contribution in [3.05, 3.63) is 46.6 Å². The third-order valence-corrected chi connectivity index (χ3v) is 3.13. The Morgan fingerprint density at radius 1 is 1.20 bits per heavy atom. The molecule has 0 unspecified atom stereocenters. The van der Waals surface area contributed by atoms with E-state index in [1.807, 2.05) is 37.1 Å². The van der Waals surface area contributed by atoms with Crippen LogP contribution in [0.15, 0.2) is 24.3 Å². The van der Waals surface area contributed by atoms with Crippen LogP contribution in [0.25, 0.3) is 0 Å². The van der Waals surface area contributed by atoms with E-state index in [9.17, 15) is 0 Å². The van der Waals surface area contributed by atoms with Crippen LogP contribution in [0.2, 0.25) is 5.15 Å². The highest BCUT2D eigenvalue weighted by molar-refractivity contribution is 6.29. The highest BCUT2D eigenvalue weighted by Crippen LogP contribution is 2.17. The summed E-state index contributed by atoms with van der Waals surface area (Å²) in [6, 6.07) is 7.81. The molecule has 0 saturated heterocycles. The van der Waals surface area contributed by atoms with Gasteiger partial charge in [-0.2, -0.15) is 0 Å². The molecule has 0 aliphatic carbocycles. The van der Waals surface area contributed by atoms with Crippen LogP contribution in [0.3, 0.4) is 0 Å². The van der Waals surface area contributed by atoms with Gasteiger partial charge in [-0.3, -0.25) is 4.98 Å². The van der Waals surface area contributed by atoms with E-state index < -0.39 is 0 Å². The molecular formula is C15H19ClN4. The molecular weight excluding hydrogens is 272 g/mol. The molecule has 0 spiro atoms. The molecule has 0 aliphatic rings. The maximum Gasteiger partial charge on any atom is 0.134 e. The number of aryl methyl sites for hydroxylation is 2. The monoisotopic (exact) mass is 290 g/mol. The van der Waals surface area contributed by atoms with Gasteiger partial charge in [-0.15, -0.1) is 0 Å². The van der Waals surface area contributed by atoms with Crippen molar-refractivity contribution in [2.24, 2.45) is 0 Å². The Balaban J connectivity index is 2.18. The molecule has 0 saturated carbocycles. The predicted molar refractivity (Wildman–Crippen MR) is 82.1 cm³/mol. The fourth-order valence-corrected chi connectivity index (χ4v) is 2.19. The fraction of sp³-hybridized carbons (Fsp3) is 0.400. The number of pyridine rings is 1. The van der Waals surface area contributed by atoms with Gasteiger partial charge in [0.2, 0.25) is 0 Å². The van der Waals surface area contributed by atoms with E-state index in [1.54, 1.807) is 6.07 Å². The standard InChI is InChI=1S/C15H19ClN4/c1-4-6-14-18-13(16)9-15(19-14)20(3)10-12-8-5-7-11(2)17-12/h5,7-9H,4,6,10H2,1-3H3. The summed E-state index contributed by atoms with van der Waals surface area (Å²) < 4.78 is 0. The maximum atomic E-state index is 6.06. The first kappa shape index (κ1) is 14.7. The minimum atomic E-state index is 0.488. The summed E-state index contributed by atoms with van der Waals surface area (Å²) in [6.07, 6.45) is 1.84. The van der Waals surface area contributed by atoms with Gasteiger partial charge in [0.05, 0.1) is 12.2 Å². The van der Waals surface area contributed by atoms with Crippen molar-refractivity contribution in [2.45, 2.75) is 33.2 Å². The number of halogens is 1. The van der Waals surface area contributed by atoms with E-state index in [4.69, 9.17) is 11.6 Å². The third kappa shape index (κ3) is 3.90. The average molecular weight is 291 g/mol. The summed E-state index contributed by atoms with van der Waals surface area (Å²) in [6.45, 7) is 4.79. The average Bonchev–Trinajstić information content (AvgIpc) is 2.38. The Morgan fingerprint density at radius 3 is 2.70 bits per heavy atom. The molecule has 0 bridgehead atoms. The minimum absolute atomic E-state index is 0.488. The summed E-state index contributed by atoms with van der Waals surface area (Å²) in [5.41, 5.74) is 2.03. The van der Waals surface area contributed by atoms with E-state index in [-0.39, 0.29) is 0 Å². The van der Waals surface area contributed by atoms with Crippen molar-refractivity contribution in [3.63, 3.8) is 0 Å². The van der Waals surface area contributed by atoms with Crippen LogP contribution in [-0.2, 0) is 13.0 Å². The Morgan fingerprint density at radius 2 is 2.00 bits per heavy atom. The Bertz CT molecular complexity index is 586. The number of nitrogens with zero attached hydrogens (tertiary/aromatic N) is 4. The Labute approximate surface area is 124 Å². The summed E-state index contributed by atoms with van der Waals surface area (Å²) >= 11 is 6.06. The summed E-state index contributed by atoms with van der Waals surface area (Å²) in [5.74, 6) is 1.62. The van der Waals surface area contributed by atoms with Gasteiger partial charge in [-0.1, -0.05) is 24.6 Å². The molecule has 2 aromatic heterocycles. The van der Waals surface area contributed by atoms with Gasteiger partial charge in [0.25, 0.3) is 0 Å². The lowest BCUT2D eigenvalue weighted by molar-refractivity contribution is 0.804. The number of rotatable bonds is 5.